The largest absolute Gasteiger partial charge is 0.497 e. The lowest BCUT2D eigenvalue weighted by atomic mass is 10.2. The van der Waals surface area contributed by atoms with E-state index in [0.29, 0.717) is 17.2 Å². The van der Waals surface area contributed by atoms with Crippen molar-refractivity contribution in [3.8, 4) is 17.2 Å². The molecule has 0 amide bonds. The van der Waals surface area contributed by atoms with Crippen LogP contribution in [0.25, 0.3) is 0 Å². The van der Waals surface area contributed by atoms with Crippen LogP contribution in [0.3, 0.4) is 0 Å². The zero-order valence-corrected chi connectivity index (χ0v) is 19.3. The predicted octanol–water partition coefficient (Wildman–Crippen LogP) is 3.64. The Bertz CT molecular complexity index is 1310. The highest BCUT2D eigenvalue weighted by atomic mass is 32.2. The predicted molar refractivity (Wildman–Crippen MR) is 120 cm³/mol. The van der Waals surface area contributed by atoms with Gasteiger partial charge in [-0.05, 0) is 73.2 Å². The fourth-order valence-electron chi connectivity index (χ4n) is 3.39. The maximum atomic E-state index is 12.9. The van der Waals surface area contributed by atoms with Crippen molar-refractivity contribution in [1.29, 1.82) is 0 Å². The molecule has 4 rings (SSSR count). The third kappa shape index (κ3) is 4.36. The molecule has 0 aliphatic carbocycles. The summed E-state index contributed by atoms with van der Waals surface area (Å²) >= 11 is 0. The first-order valence-electron chi connectivity index (χ1n) is 9.93. The van der Waals surface area contributed by atoms with Gasteiger partial charge < -0.3 is 9.47 Å². The second kappa shape index (κ2) is 8.57. The van der Waals surface area contributed by atoms with E-state index in [1.807, 2.05) is 31.2 Å². The Labute approximate surface area is 188 Å². The number of benzene rings is 3. The van der Waals surface area contributed by atoms with Crippen molar-refractivity contribution in [2.45, 2.75) is 22.0 Å². The van der Waals surface area contributed by atoms with Crippen molar-refractivity contribution in [3.63, 3.8) is 0 Å². The molecule has 9 heteroatoms. The summed E-state index contributed by atoms with van der Waals surface area (Å²) in [5.74, 6) is 1.73. The van der Waals surface area contributed by atoms with Gasteiger partial charge in [0.25, 0.3) is 0 Å². The topological polar surface area (TPSA) is 90.0 Å². The summed E-state index contributed by atoms with van der Waals surface area (Å²) in [6, 6.07) is 19.7. The van der Waals surface area contributed by atoms with E-state index in [-0.39, 0.29) is 22.9 Å². The van der Waals surface area contributed by atoms with Crippen molar-refractivity contribution in [3.05, 3.63) is 78.4 Å². The monoisotopic (exact) mass is 473 g/mol. The molecular formula is C23H23NO6S2. The van der Waals surface area contributed by atoms with Gasteiger partial charge in [-0.1, -0.05) is 12.1 Å². The Balaban J connectivity index is 1.43. The van der Waals surface area contributed by atoms with Gasteiger partial charge in [0.1, 0.15) is 17.2 Å². The number of aryl methyl sites for hydroxylation is 1. The maximum absolute atomic E-state index is 12.9. The number of nitrogens with zero attached hydrogens (tertiary/aromatic N) is 1. The summed E-state index contributed by atoms with van der Waals surface area (Å²) in [5.41, 5.74) is 1.05. The summed E-state index contributed by atoms with van der Waals surface area (Å²) in [6.45, 7) is 1.79. The summed E-state index contributed by atoms with van der Waals surface area (Å²) in [7, 11) is -5.92. The first-order valence-corrected chi connectivity index (χ1v) is 12.9. The Morgan fingerprint density at radius 3 is 1.97 bits per heavy atom. The van der Waals surface area contributed by atoms with E-state index in [1.54, 1.807) is 24.3 Å². The molecule has 1 fully saturated rings. The van der Waals surface area contributed by atoms with E-state index >= 15 is 0 Å². The molecule has 7 nitrogen and oxygen atoms in total. The van der Waals surface area contributed by atoms with Crippen molar-refractivity contribution >= 4 is 19.9 Å². The zero-order chi connectivity index (χ0) is 22.9. The van der Waals surface area contributed by atoms with Crippen LogP contribution in [0.15, 0.2) is 82.6 Å². The van der Waals surface area contributed by atoms with Gasteiger partial charge in [-0.15, -0.1) is 0 Å². The summed E-state index contributed by atoms with van der Waals surface area (Å²) in [5, 5.41) is -0.783. The molecular weight excluding hydrogens is 450 g/mol. The van der Waals surface area contributed by atoms with Crippen molar-refractivity contribution in [2.75, 3.05) is 20.2 Å². The van der Waals surface area contributed by atoms with Crippen LogP contribution in [0.5, 0.6) is 17.2 Å². The van der Waals surface area contributed by atoms with Crippen molar-refractivity contribution in [1.82, 2.24) is 4.31 Å². The molecule has 1 saturated heterocycles. The number of hydrogen-bond acceptors (Lipinski definition) is 6. The van der Waals surface area contributed by atoms with Crippen LogP contribution in [0.2, 0.25) is 0 Å². The molecule has 168 valence electrons. The summed E-state index contributed by atoms with van der Waals surface area (Å²) in [4.78, 5) is 0.243. The van der Waals surface area contributed by atoms with E-state index in [9.17, 15) is 16.8 Å². The normalized spacial score (nSPS) is 15.2. The van der Waals surface area contributed by atoms with E-state index in [0.717, 1.165) is 5.56 Å². The third-order valence-electron chi connectivity index (χ3n) is 5.33. The molecule has 32 heavy (non-hydrogen) atoms. The molecule has 0 unspecified atom stereocenters. The van der Waals surface area contributed by atoms with Crippen LogP contribution < -0.4 is 9.47 Å². The van der Waals surface area contributed by atoms with Gasteiger partial charge in [0.2, 0.25) is 10.0 Å². The highest BCUT2D eigenvalue weighted by Crippen LogP contribution is 2.31. The number of hydrogen-bond donors (Lipinski definition) is 0. The van der Waals surface area contributed by atoms with Crippen LogP contribution in [0.1, 0.15) is 5.56 Å². The molecule has 0 spiro atoms. The minimum atomic E-state index is -3.79. The van der Waals surface area contributed by atoms with Gasteiger partial charge in [0, 0.05) is 13.1 Å². The molecule has 0 N–H and O–H groups in total. The Hall–Kier alpha value is -2.88. The lowest BCUT2D eigenvalue weighted by Crippen LogP contribution is -2.56. The van der Waals surface area contributed by atoms with Crippen LogP contribution in [0, 0.1) is 6.92 Å². The number of methoxy groups -OCH3 is 1. The summed E-state index contributed by atoms with van der Waals surface area (Å²) in [6.07, 6.45) is 0. The minimum Gasteiger partial charge on any atom is -0.497 e. The molecule has 0 saturated carbocycles. The maximum Gasteiger partial charge on any atom is 0.243 e. The number of rotatable bonds is 7. The fourth-order valence-corrected chi connectivity index (χ4v) is 6.77. The molecule has 1 heterocycles. The number of sulfonamides is 1. The lowest BCUT2D eigenvalue weighted by molar-refractivity contribution is 0.309. The number of ether oxygens (including phenoxy) is 2. The second-order valence-electron chi connectivity index (χ2n) is 7.55. The second-order valence-corrected chi connectivity index (χ2v) is 11.7. The van der Waals surface area contributed by atoms with E-state index in [1.165, 1.54) is 35.7 Å². The SMILES string of the molecule is COc1ccc(S(=O)(=O)C2CN(S(=O)(=O)c3ccc(Oc4cccc(C)c4)cc3)C2)cc1. The summed E-state index contributed by atoms with van der Waals surface area (Å²) < 4.78 is 63.3. The molecule has 0 radical (unpaired) electrons. The third-order valence-corrected chi connectivity index (χ3v) is 9.28. The molecule has 0 atom stereocenters. The van der Waals surface area contributed by atoms with E-state index in [2.05, 4.69) is 0 Å². The van der Waals surface area contributed by atoms with Crippen LogP contribution in [-0.2, 0) is 19.9 Å². The Kier molecular flexibility index (Phi) is 5.98. The van der Waals surface area contributed by atoms with E-state index in [4.69, 9.17) is 9.47 Å². The standard InChI is InChI=1S/C23H23NO6S2/c1-17-4-3-5-20(14-17)30-19-8-12-22(13-9-19)32(27,28)24-15-23(16-24)31(25,26)21-10-6-18(29-2)7-11-21/h3-14,23H,15-16H2,1-2H3. The molecule has 0 aromatic heterocycles. The first kappa shape index (κ1) is 22.3. The quantitative estimate of drug-likeness (QED) is 0.520. The molecule has 3 aromatic rings. The highest BCUT2D eigenvalue weighted by molar-refractivity contribution is 7.92. The van der Waals surface area contributed by atoms with Crippen LogP contribution >= 0.6 is 0 Å². The van der Waals surface area contributed by atoms with Crippen molar-refractivity contribution < 1.29 is 26.3 Å². The van der Waals surface area contributed by atoms with Crippen LogP contribution in [-0.4, -0.2) is 46.6 Å². The average Bonchev–Trinajstić information content (AvgIpc) is 2.73. The van der Waals surface area contributed by atoms with Gasteiger partial charge in [-0.3, -0.25) is 0 Å². The Morgan fingerprint density at radius 2 is 1.38 bits per heavy atom. The van der Waals surface area contributed by atoms with Gasteiger partial charge in [-0.2, -0.15) is 4.31 Å². The fraction of sp³-hybridized carbons (Fsp3) is 0.217. The smallest absolute Gasteiger partial charge is 0.243 e. The lowest BCUT2D eigenvalue weighted by Gasteiger charge is -2.37. The van der Waals surface area contributed by atoms with Gasteiger partial charge >= 0.3 is 0 Å². The van der Waals surface area contributed by atoms with Gasteiger partial charge in [-0.25, -0.2) is 16.8 Å². The first-order chi connectivity index (χ1) is 15.2. The van der Waals surface area contributed by atoms with Crippen molar-refractivity contribution in [2.24, 2.45) is 0 Å². The average molecular weight is 474 g/mol. The van der Waals surface area contributed by atoms with E-state index < -0.39 is 25.1 Å². The molecule has 3 aromatic carbocycles. The Morgan fingerprint density at radius 1 is 0.781 bits per heavy atom. The number of sulfone groups is 1. The minimum absolute atomic E-state index is 0.0851. The molecule has 1 aliphatic heterocycles. The highest BCUT2D eigenvalue weighted by Gasteiger charge is 2.44. The molecule has 0 bridgehead atoms. The van der Waals surface area contributed by atoms with Gasteiger partial charge in [0.05, 0.1) is 22.2 Å². The van der Waals surface area contributed by atoms with Gasteiger partial charge in [0.15, 0.2) is 9.84 Å². The molecule has 1 aliphatic rings. The van der Waals surface area contributed by atoms with Crippen LogP contribution in [0.4, 0.5) is 0 Å². The zero-order valence-electron chi connectivity index (χ0n) is 17.6.